The van der Waals surface area contributed by atoms with Gasteiger partial charge in [-0.05, 0) is 26.8 Å². The maximum absolute atomic E-state index is 11.4. The summed E-state index contributed by atoms with van der Waals surface area (Å²) in [6.07, 6.45) is -5.64. The number of rotatable bonds is 10. The molecular weight excluding hydrogens is 534 g/mol. The Kier molecular flexibility index (Phi) is 8.86. The SMILES string of the molecule is CC1(C)OC(COS(=O)(=O)O)[C@@](C)(COC[C@@]2(C)OC(C(=O)O)=C[C@H](O)C2OS(=O)(=O)O)[C@H](O)C1N. The van der Waals surface area contributed by atoms with Crippen LogP contribution in [-0.4, -0.2) is 109 Å². The molecule has 36 heavy (non-hydrogen) atoms. The minimum absolute atomic E-state index is 0.475. The number of nitrogens with two attached hydrogens (primary N) is 1. The number of ether oxygens (including phenoxy) is 3. The third-order valence-electron chi connectivity index (χ3n) is 6.18. The molecule has 2 aliphatic heterocycles. The van der Waals surface area contributed by atoms with Crippen LogP contribution in [0.4, 0.5) is 0 Å². The number of hydrogen-bond donors (Lipinski definition) is 6. The van der Waals surface area contributed by atoms with Crippen LogP contribution in [0.1, 0.15) is 27.7 Å². The first-order valence-corrected chi connectivity index (χ1v) is 13.1. The predicted octanol–water partition coefficient (Wildman–Crippen LogP) is -2.00. The average molecular weight is 566 g/mol. The highest BCUT2D eigenvalue weighted by Crippen LogP contribution is 2.42. The van der Waals surface area contributed by atoms with Crippen LogP contribution in [0, 0.1) is 5.41 Å². The van der Waals surface area contributed by atoms with E-state index in [0.717, 1.165) is 6.92 Å². The quantitative estimate of drug-likeness (QED) is 0.156. The van der Waals surface area contributed by atoms with Gasteiger partial charge in [-0.25, -0.2) is 13.2 Å². The molecule has 0 radical (unpaired) electrons. The maximum Gasteiger partial charge on any atom is 0.397 e. The summed E-state index contributed by atoms with van der Waals surface area (Å²) < 4.78 is 88.5. The van der Waals surface area contributed by atoms with E-state index in [1.54, 1.807) is 0 Å². The molecule has 2 heterocycles. The summed E-state index contributed by atoms with van der Waals surface area (Å²) in [7, 11) is -10.0. The fourth-order valence-corrected chi connectivity index (χ4v) is 4.92. The summed E-state index contributed by atoms with van der Waals surface area (Å²) in [5.74, 6) is -2.34. The zero-order chi connectivity index (χ0) is 27.9. The van der Waals surface area contributed by atoms with E-state index in [-0.39, 0.29) is 0 Å². The second-order valence-corrected chi connectivity index (χ2v) is 11.7. The third-order valence-corrected chi connectivity index (χ3v) is 7.07. The zero-order valence-electron chi connectivity index (χ0n) is 19.8. The van der Waals surface area contributed by atoms with Crippen molar-refractivity contribution in [1.29, 1.82) is 0 Å². The fraction of sp³-hybridized carbons (Fsp3) is 0.833. The molecule has 1 saturated heterocycles. The zero-order valence-corrected chi connectivity index (χ0v) is 21.4. The van der Waals surface area contributed by atoms with Crippen LogP contribution < -0.4 is 5.73 Å². The Morgan fingerprint density at radius 2 is 1.67 bits per heavy atom. The van der Waals surface area contributed by atoms with Crippen molar-refractivity contribution in [1.82, 2.24) is 0 Å². The van der Waals surface area contributed by atoms with Gasteiger partial charge in [-0.15, -0.1) is 0 Å². The highest BCUT2D eigenvalue weighted by atomic mass is 32.3. The highest BCUT2D eigenvalue weighted by molar-refractivity contribution is 7.81. The standard InChI is InChI=1S/C18H31NO15S2/c1-16(2)12(19)13(21)17(3,11(33-16)6-31-35(24,25)26)7-30-8-18(4)14(34-36(27,28)29)9(20)5-10(32-18)15(22)23/h5,9,11-14,20-21H,6-8,19H2,1-4H3,(H,22,23)(H,24,25,26)(H,27,28,29)/t9-,11?,12?,13+,14?,17+,18+/m0/s1. The lowest BCUT2D eigenvalue weighted by Crippen LogP contribution is -2.69. The number of aliphatic hydroxyl groups excluding tert-OH is 2. The predicted molar refractivity (Wildman–Crippen MR) is 117 cm³/mol. The van der Waals surface area contributed by atoms with Gasteiger partial charge in [0.1, 0.15) is 6.10 Å². The molecule has 0 aromatic rings. The summed E-state index contributed by atoms with van der Waals surface area (Å²) in [5, 5.41) is 30.5. The topological polar surface area (TPSA) is 259 Å². The van der Waals surface area contributed by atoms with E-state index in [1.807, 2.05) is 0 Å². The van der Waals surface area contributed by atoms with E-state index in [4.69, 9.17) is 29.0 Å². The van der Waals surface area contributed by atoms with Crippen LogP contribution in [0.2, 0.25) is 0 Å². The molecule has 0 aliphatic carbocycles. The van der Waals surface area contributed by atoms with Crippen molar-refractivity contribution in [2.24, 2.45) is 11.1 Å². The molecule has 210 valence electrons. The van der Waals surface area contributed by atoms with Crippen LogP contribution in [0.5, 0.6) is 0 Å². The van der Waals surface area contributed by atoms with Crippen molar-refractivity contribution in [2.45, 2.75) is 69.4 Å². The Hall–Kier alpha value is -1.45. The lowest BCUT2D eigenvalue weighted by Gasteiger charge is -2.53. The monoisotopic (exact) mass is 565 g/mol. The van der Waals surface area contributed by atoms with Gasteiger partial charge in [0.05, 0.1) is 43.7 Å². The number of aliphatic hydroxyl groups is 2. The smallest absolute Gasteiger partial charge is 0.397 e. The Morgan fingerprint density at radius 1 is 1.08 bits per heavy atom. The molecule has 0 bridgehead atoms. The summed E-state index contributed by atoms with van der Waals surface area (Å²) in [6, 6.07) is -1.01. The van der Waals surface area contributed by atoms with E-state index >= 15 is 0 Å². The molecule has 0 spiro atoms. The van der Waals surface area contributed by atoms with Crippen molar-refractivity contribution in [3.8, 4) is 0 Å². The second kappa shape index (κ2) is 10.4. The lowest BCUT2D eigenvalue weighted by atomic mass is 9.70. The third kappa shape index (κ3) is 7.10. The molecule has 0 aromatic heterocycles. The van der Waals surface area contributed by atoms with Gasteiger partial charge in [-0.1, -0.05) is 6.92 Å². The first-order chi connectivity index (χ1) is 16.1. The lowest BCUT2D eigenvalue weighted by molar-refractivity contribution is -0.250. The molecule has 0 saturated carbocycles. The summed E-state index contributed by atoms with van der Waals surface area (Å²) >= 11 is 0. The molecule has 2 aliphatic rings. The van der Waals surface area contributed by atoms with Crippen LogP contribution in [-0.2, 0) is 48.2 Å². The normalized spacial score (nSPS) is 37.1. The van der Waals surface area contributed by atoms with Gasteiger partial charge in [0.2, 0.25) is 5.76 Å². The first kappa shape index (κ1) is 30.8. The minimum atomic E-state index is -5.13. The van der Waals surface area contributed by atoms with Crippen LogP contribution in [0.15, 0.2) is 11.8 Å². The van der Waals surface area contributed by atoms with Crippen molar-refractivity contribution < 1.29 is 68.6 Å². The number of aliphatic carboxylic acids is 1. The molecule has 3 unspecified atom stereocenters. The second-order valence-electron chi connectivity index (χ2n) is 9.58. The molecule has 7 N–H and O–H groups in total. The molecule has 2 rings (SSSR count). The van der Waals surface area contributed by atoms with Crippen LogP contribution in [0.25, 0.3) is 0 Å². The van der Waals surface area contributed by atoms with E-state index < -0.39 is 99.4 Å². The Balaban J connectivity index is 2.31. The number of hydrogen-bond acceptors (Lipinski definition) is 13. The van der Waals surface area contributed by atoms with Crippen molar-refractivity contribution >= 4 is 26.8 Å². The van der Waals surface area contributed by atoms with Gasteiger partial charge < -0.3 is 35.3 Å². The summed E-state index contributed by atoms with van der Waals surface area (Å²) in [6.45, 7) is 3.76. The van der Waals surface area contributed by atoms with E-state index in [0.29, 0.717) is 6.08 Å². The molecule has 7 atom stereocenters. The Morgan fingerprint density at radius 3 is 2.17 bits per heavy atom. The van der Waals surface area contributed by atoms with E-state index in [1.165, 1.54) is 20.8 Å². The van der Waals surface area contributed by atoms with E-state index in [9.17, 15) is 36.9 Å². The molecule has 16 nitrogen and oxygen atoms in total. The average Bonchev–Trinajstić information content (AvgIpc) is 2.70. The number of carboxylic acids is 1. The van der Waals surface area contributed by atoms with E-state index in [2.05, 4.69) is 8.37 Å². The molecular formula is C18H31NO15S2. The van der Waals surface area contributed by atoms with Gasteiger partial charge in [0, 0.05) is 5.41 Å². The summed E-state index contributed by atoms with van der Waals surface area (Å²) in [4.78, 5) is 11.4. The Labute approximate surface area is 207 Å². The van der Waals surface area contributed by atoms with Crippen LogP contribution in [0.3, 0.4) is 0 Å². The molecule has 18 heteroatoms. The maximum atomic E-state index is 11.4. The largest absolute Gasteiger partial charge is 0.475 e. The van der Waals surface area contributed by atoms with Gasteiger partial charge >= 0.3 is 26.8 Å². The van der Waals surface area contributed by atoms with Crippen LogP contribution >= 0.6 is 0 Å². The molecule has 0 aromatic carbocycles. The summed E-state index contributed by atoms with van der Waals surface area (Å²) in [5.41, 5.74) is 1.44. The van der Waals surface area contributed by atoms with Crippen molar-refractivity contribution in [3.05, 3.63) is 11.8 Å². The van der Waals surface area contributed by atoms with Gasteiger partial charge in [0.25, 0.3) is 0 Å². The highest BCUT2D eigenvalue weighted by Gasteiger charge is 2.56. The van der Waals surface area contributed by atoms with Gasteiger partial charge in [-0.3, -0.25) is 9.11 Å². The first-order valence-electron chi connectivity index (χ1n) is 10.4. The molecule has 1 fully saturated rings. The van der Waals surface area contributed by atoms with Gasteiger partial charge in [-0.2, -0.15) is 16.8 Å². The number of carbonyl (C=O) groups is 1. The van der Waals surface area contributed by atoms with Crippen molar-refractivity contribution in [3.63, 3.8) is 0 Å². The number of carboxylic acid groups (broad SMARTS) is 1. The minimum Gasteiger partial charge on any atom is -0.475 e. The fourth-order valence-electron chi connectivity index (χ4n) is 4.05. The Bertz CT molecular complexity index is 1070. The van der Waals surface area contributed by atoms with Crippen molar-refractivity contribution in [2.75, 3.05) is 19.8 Å². The van der Waals surface area contributed by atoms with Gasteiger partial charge in [0.15, 0.2) is 11.7 Å². The molecule has 0 amide bonds.